The molecule has 0 saturated heterocycles. The first kappa shape index (κ1) is 38.9. The van der Waals surface area contributed by atoms with Crippen molar-refractivity contribution in [2.24, 2.45) is 0 Å². The van der Waals surface area contributed by atoms with E-state index in [4.69, 9.17) is 4.42 Å². The lowest BCUT2D eigenvalue weighted by Gasteiger charge is -2.27. The van der Waals surface area contributed by atoms with Gasteiger partial charge in [-0.25, -0.2) is 0 Å². The molecule has 0 fully saturated rings. The fourth-order valence-corrected chi connectivity index (χ4v) is 9.75. The number of benzene rings is 11. The van der Waals surface area contributed by atoms with Gasteiger partial charge in [0.25, 0.3) is 0 Å². The maximum Gasteiger partial charge on any atom is 0.143 e. The highest BCUT2D eigenvalue weighted by atomic mass is 16.3. The summed E-state index contributed by atoms with van der Waals surface area (Å²) in [5, 5.41) is 10.8. The quantitative estimate of drug-likeness (QED) is 0.135. The number of furan rings is 1. The van der Waals surface area contributed by atoms with Crippen LogP contribution in [0.4, 0.5) is 17.1 Å². The van der Waals surface area contributed by atoms with E-state index in [1.165, 1.54) is 60.1 Å². The molecule has 12 rings (SSSR count). The lowest BCUT2D eigenvalue weighted by atomic mass is 9.94. The van der Waals surface area contributed by atoms with E-state index < -0.39 is 0 Å². The molecule has 0 bridgehead atoms. The summed E-state index contributed by atoms with van der Waals surface area (Å²) < 4.78 is 6.48. The van der Waals surface area contributed by atoms with Crippen LogP contribution in [0, 0.1) is 0 Å². The molecule has 310 valence electrons. The first-order valence-electron chi connectivity index (χ1n) is 22.5. The zero-order valence-corrected chi connectivity index (χ0v) is 36.2. The predicted molar refractivity (Wildman–Crippen MR) is 283 cm³/mol. The van der Waals surface area contributed by atoms with E-state index in [0.717, 1.165) is 61.3 Å². The van der Waals surface area contributed by atoms with Crippen LogP contribution in [-0.4, -0.2) is 0 Å². The molecule has 0 saturated carbocycles. The second-order valence-electron chi connectivity index (χ2n) is 16.9. The molecule has 0 aliphatic carbocycles. The molecular formula is C64H43NO. The molecule has 66 heavy (non-hydrogen) atoms. The number of fused-ring (bicyclic) bond motifs is 7. The summed E-state index contributed by atoms with van der Waals surface area (Å²) in [5.41, 5.74) is 13.3. The van der Waals surface area contributed by atoms with Gasteiger partial charge in [-0.1, -0.05) is 195 Å². The van der Waals surface area contributed by atoms with Crippen molar-refractivity contribution in [3.8, 4) is 33.4 Å². The molecule has 2 heteroatoms. The van der Waals surface area contributed by atoms with Gasteiger partial charge in [0.1, 0.15) is 11.3 Å². The van der Waals surface area contributed by atoms with E-state index in [2.05, 4.69) is 254 Å². The van der Waals surface area contributed by atoms with E-state index in [1.807, 2.05) is 6.08 Å². The standard InChI is InChI=1S/C64H43NO/c1-2-63-60(61-40-32-46-15-6-9-21-57(46)64(61)66-63)39-33-48-16-7-10-24-62(48)65(54-36-29-47(30-37-54)56-22-12-23-58-55-20-8-5-14-45(55)31-38-59(56)58)53-34-27-44(28-35-53)50-18-11-19-51(41-50)52-26-25-43-13-3-4-17-49(43)42-52/h2-42H,1H2/b39-33+. The predicted octanol–water partition coefficient (Wildman–Crippen LogP) is 18.3. The summed E-state index contributed by atoms with van der Waals surface area (Å²) >= 11 is 0. The summed E-state index contributed by atoms with van der Waals surface area (Å²) in [7, 11) is 0. The zero-order valence-electron chi connectivity index (χ0n) is 36.2. The second kappa shape index (κ2) is 16.4. The van der Waals surface area contributed by atoms with E-state index in [9.17, 15) is 0 Å². The van der Waals surface area contributed by atoms with Gasteiger partial charge in [0.15, 0.2) is 0 Å². The third-order valence-corrected chi connectivity index (χ3v) is 13.1. The molecule has 0 amide bonds. The SMILES string of the molecule is C=Cc1oc2c(ccc3ccccc32)c1/C=C/c1ccccc1N(c1ccc(-c2cccc(-c3ccc4ccccc4c3)c2)cc1)c1ccc(-c2cccc3c2ccc2ccccc23)cc1. The lowest BCUT2D eigenvalue weighted by molar-refractivity contribution is 0.607. The Kier molecular flexibility index (Phi) is 9.69. The van der Waals surface area contributed by atoms with Gasteiger partial charge >= 0.3 is 0 Å². The van der Waals surface area contributed by atoms with Gasteiger partial charge < -0.3 is 9.32 Å². The monoisotopic (exact) mass is 841 g/mol. The molecular weight excluding hydrogens is 799 g/mol. The molecule has 2 nitrogen and oxygen atoms in total. The zero-order chi connectivity index (χ0) is 44.0. The fourth-order valence-electron chi connectivity index (χ4n) is 9.75. The van der Waals surface area contributed by atoms with E-state index in [0.29, 0.717) is 0 Å². The van der Waals surface area contributed by atoms with Crippen LogP contribution in [0.2, 0.25) is 0 Å². The van der Waals surface area contributed by atoms with Crippen LogP contribution in [0.25, 0.3) is 106 Å². The Labute approximate surface area is 384 Å². The Hall–Kier alpha value is -8.72. The topological polar surface area (TPSA) is 16.4 Å². The highest BCUT2D eigenvalue weighted by Crippen LogP contribution is 2.42. The third-order valence-electron chi connectivity index (χ3n) is 13.1. The number of hydrogen-bond donors (Lipinski definition) is 0. The number of hydrogen-bond acceptors (Lipinski definition) is 2. The van der Waals surface area contributed by atoms with Crippen molar-refractivity contribution in [1.82, 2.24) is 0 Å². The average molecular weight is 842 g/mol. The molecule has 11 aromatic carbocycles. The van der Waals surface area contributed by atoms with Gasteiger partial charge in [0, 0.05) is 27.7 Å². The highest BCUT2D eigenvalue weighted by molar-refractivity contribution is 6.12. The largest absolute Gasteiger partial charge is 0.455 e. The minimum atomic E-state index is 0.754. The van der Waals surface area contributed by atoms with Crippen molar-refractivity contribution < 1.29 is 4.42 Å². The Morgan fingerprint density at radius 1 is 0.364 bits per heavy atom. The molecule has 0 unspecified atom stereocenters. The minimum Gasteiger partial charge on any atom is -0.455 e. The van der Waals surface area contributed by atoms with Gasteiger partial charge in [-0.3, -0.25) is 0 Å². The van der Waals surface area contributed by atoms with Crippen LogP contribution >= 0.6 is 0 Å². The molecule has 0 atom stereocenters. The Bertz CT molecular complexity index is 3830. The summed E-state index contributed by atoms with van der Waals surface area (Å²) in [6.45, 7) is 4.13. The third kappa shape index (κ3) is 6.93. The summed E-state index contributed by atoms with van der Waals surface area (Å²) in [4.78, 5) is 2.37. The summed E-state index contributed by atoms with van der Waals surface area (Å²) in [6, 6.07) is 83.2. The second-order valence-corrected chi connectivity index (χ2v) is 16.9. The molecule has 1 heterocycles. The molecule has 12 aromatic rings. The van der Waals surface area contributed by atoms with Crippen molar-refractivity contribution in [1.29, 1.82) is 0 Å². The van der Waals surface area contributed by atoms with Crippen LogP contribution in [-0.2, 0) is 0 Å². The fraction of sp³-hybridized carbons (Fsp3) is 0. The molecule has 1 aromatic heterocycles. The van der Waals surface area contributed by atoms with Crippen molar-refractivity contribution in [2.75, 3.05) is 4.90 Å². The van der Waals surface area contributed by atoms with Gasteiger partial charge in [0.2, 0.25) is 0 Å². The van der Waals surface area contributed by atoms with E-state index in [1.54, 1.807) is 0 Å². The number of rotatable bonds is 9. The minimum absolute atomic E-state index is 0.754. The van der Waals surface area contributed by atoms with Gasteiger partial charge in [-0.15, -0.1) is 0 Å². The van der Waals surface area contributed by atoms with Crippen molar-refractivity contribution >= 4 is 89.3 Å². The van der Waals surface area contributed by atoms with Crippen LogP contribution in [0.15, 0.2) is 242 Å². The highest BCUT2D eigenvalue weighted by Gasteiger charge is 2.18. The van der Waals surface area contributed by atoms with Crippen LogP contribution in [0.3, 0.4) is 0 Å². The lowest BCUT2D eigenvalue weighted by Crippen LogP contribution is -2.11. The van der Waals surface area contributed by atoms with Crippen molar-refractivity contribution in [2.45, 2.75) is 0 Å². The molecule has 0 spiro atoms. The van der Waals surface area contributed by atoms with Crippen LogP contribution in [0.1, 0.15) is 16.9 Å². The van der Waals surface area contributed by atoms with E-state index >= 15 is 0 Å². The van der Waals surface area contributed by atoms with Gasteiger partial charge in [-0.05, 0) is 137 Å². The number of nitrogens with zero attached hydrogens (tertiary/aromatic N) is 1. The number of anilines is 3. The maximum absolute atomic E-state index is 6.48. The average Bonchev–Trinajstić information content (AvgIpc) is 3.76. The molecule has 0 aliphatic rings. The number of para-hydroxylation sites is 1. The normalized spacial score (nSPS) is 11.6. The van der Waals surface area contributed by atoms with Crippen LogP contribution < -0.4 is 4.90 Å². The smallest absolute Gasteiger partial charge is 0.143 e. The van der Waals surface area contributed by atoms with Crippen molar-refractivity contribution in [3.63, 3.8) is 0 Å². The van der Waals surface area contributed by atoms with Crippen LogP contribution in [0.5, 0.6) is 0 Å². The Morgan fingerprint density at radius 3 is 1.70 bits per heavy atom. The van der Waals surface area contributed by atoms with E-state index in [-0.39, 0.29) is 0 Å². The first-order chi connectivity index (χ1) is 32.7. The summed E-state index contributed by atoms with van der Waals surface area (Å²) in [5.74, 6) is 0.754. The Balaban J connectivity index is 0.951. The summed E-state index contributed by atoms with van der Waals surface area (Å²) in [6.07, 6.45) is 6.19. The van der Waals surface area contributed by atoms with Gasteiger partial charge in [-0.2, -0.15) is 0 Å². The first-order valence-corrected chi connectivity index (χ1v) is 22.5. The molecule has 0 N–H and O–H groups in total. The van der Waals surface area contributed by atoms with Crippen molar-refractivity contribution in [3.05, 3.63) is 254 Å². The Morgan fingerprint density at radius 2 is 0.924 bits per heavy atom. The molecule has 0 radical (unpaired) electrons. The maximum atomic E-state index is 6.48. The molecule has 0 aliphatic heterocycles. The van der Waals surface area contributed by atoms with Gasteiger partial charge in [0.05, 0.1) is 5.69 Å².